The molecule has 0 aliphatic carbocycles. The van der Waals surface area contributed by atoms with Crippen LogP contribution in [0.5, 0.6) is 0 Å². The maximum Gasteiger partial charge on any atom is 0.307 e. The first-order valence-corrected chi connectivity index (χ1v) is 5.17. The summed E-state index contributed by atoms with van der Waals surface area (Å²) in [6, 6.07) is 0. The number of nitrogens with one attached hydrogen (secondary N) is 1. The Bertz CT molecular complexity index is 170. The van der Waals surface area contributed by atoms with Crippen LogP contribution in [0.4, 0.5) is 0 Å². The molecule has 1 heterocycles. The van der Waals surface area contributed by atoms with E-state index in [1.165, 1.54) is 19.3 Å². The summed E-state index contributed by atoms with van der Waals surface area (Å²) in [6.07, 6.45) is 4.46. The fourth-order valence-electron chi connectivity index (χ4n) is 1.93. The summed E-state index contributed by atoms with van der Waals surface area (Å²) in [5.74, 6) is -0.223. The summed E-state index contributed by atoms with van der Waals surface area (Å²) in [6.45, 7) is 3.83. The van der Waals surface area contributed by atoms with Crippen molar-refractivity contribution in [3.8, 4) is 0 Å². The maximum atomic E-state index is 10.7. The van der Waals surface area contributed by atoms with Crippen LogP contribution in [0.3, 0.4) is 0 Å². The molecule has 1 aliphatic heterocycles. The first kappa shape index (κ1) is 10.5. The number of hydrogen-bond donors (Lipinski definition) is 2. The summed E-state index contributed by atoms with van der Waals surface area (Å²) in [7, 11) is 0. The van der Waals surface area contributed by atoms with E-state index in [1.54, 1.807) is 0 Å². The summed E-state index contributed by atoms with van der Waals surface area (Å²) >= 11 is 0. The second kappa shape index (κ2) is 5.22. The normalized spacial score (nSPS) is 28.7. The van der Waals surface area contributed by atoms with Gasteiger partial charge < -0.3 is 10.4 Å². The molecule has 0 aromatic heterocycles. The molecule has 0 bridgehead atoms. The molecule has 0 saturated carbocycles. The van der Waals surface area contributed by atoms with Gasteiger partial charge in [0, 0.05) is 6.54 Å². The van der Waals surface area contributed by atoms with Crippen LogP contribution in [0.25, 0.3) is 0 Å². The molecule has 1 aliphatic rings. The SMILES string of the molecule is CCCCC1CNCC(C(=O)O)C1. The Morgan fingerprint density at radius 3 is 2.92 bits per heavy atom. The first-order chi connectivity index (χ1) is 6.24. The van der Waals surface area contributed by atoms with Crippen LogP contribution in [0.1, 0.15) is 32.6 Å². The summed E-state index contributed by atoms with van der Waals surface area (Å²) in [4.78, 5) is 10.7. The molecule has 0 radical (unpaired) electrons. The van der Waals surface area contributed by atoms with Gasteiger partial charge >= 0.3 is 5.97 Å². The minimum absolute atomic E-state index is 0.157. The Hall–Kier alpha value is -0.570. The lowest BCUT2D eigenvalue weighted by Crippen LogP contribution is -2.39. The molecule has 13 heavy (non-hydrogen) atoms. The van der Waals surface area contributed by atoms with Crippen molar-refractivity contribution >= 4 is 5.97 Å². The zero-order valence-electron chi connectivity index (χ0n) is 8.25. The van der Waals surface area contributed by atoms with Gasteiger partial charge in [0.05, 0.1) is 5.92 Å². The van der Waals surface area contributed by atoms with E-state index >= 15 is 0 Å². The second-order valence-corrected chi connectivity index (χ2v) is 3.94. The topological polar surface area (TPSA) is 49.3 Å². The third kappa shape index (κ3) is 3.35. The van der Waals surface area contributed by atoms with Gasteiger partial charge in [-0.2, -0.15) is 0 Å². The third-order valence-electron chi connectivity index (χ3n) is 2.76. The fraction of sp³-hybridized carbons (Fsp3) is 0.900. The van der Waals surface area contributed by atoms with Gasteiger partial charge in [-0.1, -0.05) is 19.8 Å². The van der Waals surface area contributed by atoms with Crippen molar-refractivity contribution in [2.75, 3.05) is 13.1 Å². The Kier molecular flexibility index (Phi) is 4.22. The first-order valence-electron chi connectivity index (χ1n) is 5.17. The number of piperidine rings is 1. The molecule has 0 aromatic rings. The van der Waals surface area contributed by atoms with E-state index in [4.69, 9.17) is 5.11 Å². The Balaban J connectivity index is 2.29. The van der Waals surface area contributed by atoms with E-state index in [0.717, 1.165) is 13.0 Å². The number of aliphatic carboxylic acids is 1. The zero-order chi connectivity index (χ0) is 9.68. The third-order valence-corrected chi connectivity index (χ3v) is 2.76. The Morgan fingerprint density at radius 1 is 1.54 bits per heavy atom. The lowest BCUT2D eigenvalue weighted by molar-refractivity contribution is -0.142. The molecule has 0 aromatic carbocycles. The van der Waals surface area contributed by atoms with Gasteiger partial charge in [0.15, 0.2) is 0 Å². The van der Waals surface area contributed by atoms with Crippen molar-refractivity contribution in [1.29, 1.82) is 0 Å². The van der Waals surface area contributed by atoms with E-state index < -0.39 is 5.97 Å². The van der Waals surface area contributed by atoms with Crippen molar-refractivity contribution in [3.63, 3.8) is 0 Å². The fourth-order valence-corrected chi connectivity index (χ4v) is 1.93. The highest BCUT2D eigenvalue weighted by Crippen LogP contribution is 2.21. The van der Waals surface area contributed by atoms with Gasteiger partial charge in [0.2, 0.25) is 0 Å². The second-order valence-electron chi connectivity index (χ2n) is 3.94. The van der Waals surface area contributed by atoms with E-state index in [0.29, 0.717) is 12.5 Å². The average molecular weight is 185 g/mol. The molecule has 2 atom stereocenters. The number of carboxylic acid groups (broad SMARTS) is 1. The molecule has 2 N–H and O–H groups in total. The Labute approximate surface area is 79.5 Å². The van der Waals surface area contributed by atoms with Crippen LogP contribution in [-0.2, 0) is 4.79 Å². The average Bonchev–Trinajstić information content (AvgIpc) is 2.15. The van der Waals surface area contributed by atoms with Crippen molar-refractivity contribution in [1.82, 2.24) is 5.32 Å². The van der Waals surface area contributed by atoms with E-state index in [9.17, 15) is 4.79 Å². The molecular weight excluding hydrogens is 166 g/mol. The van der Waals surface area contributed by atoms with Gasteiger partial charge in [-0.05, 0) is 25.3 Å². The van der Waals surface area contributed by atoms with E-state index in [2.05, 4.69) is 12.2 Å². The van der Waals surface area contributed by atoms with Gasteiger partial charge in [-0.25, -0.2) is 0 Å². The standard InChI is InChI=1S/C10H19NO2/c1-2-3-4-8-5-9(10(12)13)7-11-6-8/h8-9,11H,2-7H2,1H3,(H,12,13). The molecule has 1 fully saturated rings. The highest BCUT2D eigenvalue weighted by molar-refractivity contribution is 5.70. The van der Waals surface area contributed by atoms with Gasteiger partial charge in [-0.3, -0.25) is 4.79 Å². The molecule has 76 valence electrons. The monoisotopic (exact) mass is 185 g/mol. The van der Waals surface area contributed by atoms with Crippen LogP contribution in [0.2, 0.25) is 0 Å². The summed E-state index contributed by atoms with van der Waals surface area (Å²) in [5, 5.41) is 12.0. The van der Waals surface area contributed by atoms with Crippen molar-refractivity contribution < 1.29 is 9.90 Å². The van der Waals surface area contributed by atoms with Crippen LogP contribution >= 0.6 is 0 Å². The number of carbonyl (C=O) groups is 1. The lowest BCUT2D eigenvalue weighted by atomic mass is 9.87. The smallest absolute Gasteiger partial charge is 0.307 e. The minimum atomic E-state index is -0.645. The van der Waals surface area contributed by atoms with E-state index in [1.807, 2.05) is 0 Å². The number of carboxylic acids is 1. The van der Waals surface area contributed by atoms with Crippen LogP contribution < -0.4 is 5.32 Å². The van der Waals surface area contributed by atoms with Gasteiger partial charge in [0.25, 0.3) is 0 Å². The zero-order valence-corrected chi connectivity index (χ0v) is 8.25. The molecule has 3 heteroatoms. The predicted octanol–water partition coefficient (Wildman–Crippen LogP) is 1.49. The highest BCUT2D eigenvalue weighted by atomic mass is 16.4. The molecule has 1 saturated heterocycles. The minimum Gasteiger partial charge on any atom is -0.481 e. The van der Waals surface area contributed by atoms with Crippen molar-refractivity contribution in [2.24, 2.45) is 11.8 Å². The summed E-state index contributed by atoms with van der Waals surface area (Å²) in [5.41, 5.74) is 0. The van der Waals surface area contributed by atoms with E-state index in [-0.39, 0.29) is 5.92 Å². The van der Waals surface area contributed by atoms with Crippen LogP contribution in [-0.4, -0.2) is 24.2 Å². The number of hydrogen-bond acceptors (Lipinski definition) is 2. The lowest BCUT2D eigenvalue weighted by Gasteiger charge is -2.27. The van der Waals surface area contributed by atoms with Gasteiger partial charge in [-0.15, -0.1) is 0 Å². The quantitative estimate of drug-likeness (QED) is 0.697. The van der Waals surface area contributed by atoms with Gasteiger partial charge in [0.1, 0.15) is 0 Å². The maximum absolute atomic E-state index is 10.7. The number of rotatable bonds is 4. The van der Waals surface area contributed by atoms with Crippen molar-refractivity contribution in [2.45, 2.75) is 32.6 Å². The molecule has 0 amide bonds. The largest absolute Gasteiger partial charge is 0.481 e. The molecule has 1 rings (SSSR count). The molecular formula is C10H19NO2. The Morgan fingerprint density at radius 2 is 2.31 bits per heavy atom. The van der Waals surface area contributed by atoms with Crippen molar-refractivity contribution in [3.05, 3.63) is 0 Å². The predicted molar refractivity (Wildman–Crippen MR) is 51.6 cm³/mol. The number of unbranched alkanes of at least 4 members (excludes halogenated alkanes) is 1. The summed E-state index contributed by atoms with van der Waals surface area (Å²) < 4.78 is 0. The molecule has 0 spiro atoms. The molecule has 3 nitrogen and oxygen atoms in total. The highest BCUT2D eigenvalue weighted by Gasteiger charge is 2.25. The van der Waals surface area contributed by atoms with Crippen LogP contribution in [0, 0.1) is 11.8 Å². The molecule has 2 unspecified atom stereocenters. The van der Waals surface area contributed by atoms with Crippen LogP contribution in [0.15, 0.2) is 0 Å².